The van der Waals surface area contributed by atoms with Crippen LogP contribution in [-0.2, 0) is 0 Å². The highest BCUT2D eigenvalue weighted by atomic mass is 16.3. The van der Waals surface area contributed by atoms with Crippen LogP contribution in [0.5, 0.6) is 0 Å². The molecule has 1 fully saturated rings. The number of rotatable bonds is 4. The largest absolute Gasteiger partial charge is 0.387 e. The summed E-state index contributed by atoms with van der Waals surface area (Å²) >= 11 is 0. The van der Waals surface area contributed by atoms with Gasteiger partial charge in [-0.2, -0.15) is 0 Å². The molecule has 1 saturated heterocycles. The van der Waals surface area contributed by atoms with Gasteiger partial charge in [-0.3, -0.25) is 4.90 Å². The standard InChI is InChI=1S/C16H25NO/c1-4-14-6-5-9-17(14)11-16(18)15-10-12(2)7-8-13(15)3/h7-8,10,14,16,18H,4-6,9,11H2,1-3H3. The Morgan fingerprint density at radius 3 is 2.89 bits per heavy atom. The highest BCUT2D eigenvalue weighted by molar-refractivity contribution is 5.32. The van der Waals surface area contributed by atoms with Crippen molar-refractivity contribution in [2.45, 2.75) is 52.2 Å². The van der Waals surface area contributed by atoms with Gasteiger partial charge in [-0.05, 0) is 50.8 Å². The SMILES string of the molecule is CCC1CCCN1CC(O)c1cc(C)ccc1C. The molecule has 1 N–H and O–H groups in total. The van der Waals surface area contributed by atoms with Crippen molar-refractivity contribution in [2.24, 2.45) is 0 Å². The number of β-amino-alcohol motifs (C(OH)–C–C–N with tert-alkyl or cyclic N) is 1. The van der Waals surface area contributed by atoms with E-state index in [1.54, 1.807) is 0 Å². The molecule has 0 bridgehead atoms. The third-order valence-electron chi connectivity index (χ3n) is 4.17. The third-order valence-corrected chi connectivity index (χ3v) is 4.17. The van der Waals surface area contributed by atoms with Crippen LogP contribution in [0.3, 0.4) is 0 Å². The molecule has 2 rings (SSSR count). The zero-order valence-electron chi connectivity index (χ0n) is 11.8. The summed E-state index contributed by atoms with van der Waals surface area (Å²) in [5, 5.41) is 10.5. The first-order valence-electron chi connectivity index (χ1n) is 7.11. The van der Waals surface area contributed by atoms with Gasteiger partial charge in [-0.25, -0.2) is 0 Å². The lowest BCUT2D eigenvalue weighted by molar-refractivity contribution is 0.104. The number of likely N-dealkylation sites (tertiary alicyclic amines) is 1. The zero-order chi connectivity index (χ0) is 13.1. The molecule has 1 heterocycles. The van der Waals surface area contributed by atoms with Crippen molar-refractivity contribution >= 4 is 0 Å². The van der Waals surface area contributed by atoms with Crippen LogP contribution in [0.15, 0.2) is 18.2 Å². The molecule has 1 aromatic rings. The van der Waals surface area contributed by atoms with Gasteiger partial charge in [0, 0.05) is 12.6 Å². The van der Waals surface area contributed by atoms with Crippen molar-refractivity contribution < 1.29 is 5.11 Å². The van der Waals surface area contributed by atoms with E-state index in [2.05, 4.69) is 43.9 Å². The second-order valence-corrected chi connectivity index (χ2v) is 5.58. The van der Waals surface area contributed by atoms with E-state index in [0.717, 1.165) is 18.7 Å². The number of nitrogens with zero attached hydrogens (tertiary/aromatic N) is 1. The molecule has 0 aromatic heterocycles. The van der Waals surface area contributed by atoms with E-state index in [9.17, 15) is 5.11 Å². The van der Waals surface area contributed by atoms with Gasteiger partial charge in [0.1, 0.15) is 0 Å². The van der Waals surface area contributed by atoms with E-state index in [0.29, 0.717) is 6.04 Å². The minimum absolute atomic E-state index is 0.350. The van der Waals surface area contributed by atoms with E-state index < -0.39 is 0 Å². The Labute approximate surface area is 111 Å². The Morgan fingerprint density at radius 1 is 1.39 bits per heavy atom. The smallest absolute Gasteiger partial charge is 0.0919 e. The molecule has 0 amide bonds. The van der Waals surface area contributed by atoms with Crippen LogP contribution in [0.1, 0.15) is 49.0 Å². The summed E-state index contributed by atoms with van der Waals surface area (Å²) in [4.78, 5) is 2.45. The Bertz CT molecular complexity index is 402. The molecule has 2 unspecified atom stereocenters. The van der Waals surface area contributed by atoms with E-state index in [1.807, 2.05) is 0 Å². The first-order valence-corrected chi connectivity index (χ1v) is 7.11. The van der Waals surface area contributed by atoms with E-state index >= 15 is 0 Å². The summed E-state index contributed by atoms with van der Waals surface area (Å²) in [5.41, 5.74) is 3.51. The maximum Gasteiger partial charge on any atom is 0.0919 e. The Morgan fingerprint density at radius 2 is 2.17 bits per heavy atom. The topological polar surface area (TPSA) is 23.5 Å². The zero-order valence-corrected chi connectivity index (χ0v) is 11.8. The molecule has 0 radical (unpaired) electrons. The van der Waals surface area contributed by atoms with Crippen LogP contribution in [0, 0.1) is 13.8 Å². The fourth-order valence-corrected chi connectivity index (χ4v) is 3.04. The van der Waals surface area contributed by atoms with Gasteiger partial charge >= 0.3 is 0 Å². The minimum Gasteiger partial charge on any atom is -0.387 e. The summed E-state index contributed by atoms with van der Waals surface area (Å²) in [5.74, 6) is 0. The van der Waals surface area contributed by atoms with Crippen molar-refractivity contribution in [3.05, 3.63) is 34.9 Å². The van der Waals surface area contributed by atoms with Gasteiger partial charge in [0.05, 0.1) is 6.10 Å². The molecule has 0 aliphatic carbocycles. The first-order chi connectivity index (χ1) is 8.61. The van der Waals surface area contributed by atoms with Crippen LogP contribution in [0.4, 0.5) is 0 Å². The molecule has 1 aliphatic rings. The van der Waals surface area contributed by atoms with Crippen molar-refractivity contribution in [1.82, 2.24) is 4.90 Å². The maximum absolute atomic E-state index is 10.5. The predicted octanol–water partition coefficient (Wildman–Crippen LogP) is 3.21. The van der Waals surface area contributed by atoms with Crippen molar-refractivity contribution in [3.63, 3.8) is 0 Å². The average Bonchev–Trinajstić information content (AvgIpc) is 2.79. The third kappa shape index (κ3) is 2.93. The number of hydrogen-bond acceptors (Lipinski definition) is 2. The highest BCUT2D eigenvalue weighted by Crippen LogP contribution is 2.25. The molecular weight excluding hydrogens is 222 g/mol. The maximum atomic E-state index is 10.5. The van der Waals surface area contributed by atoms with Gasteiger partial charge < -0.3 is 5.11 Å². The van der Waals surface area contributed by atoms with Crippen LogP contribution in [0.25, 0.3) is 0 Å². The van der Waals surface area contributed by atoms with Gasteiger partial charge in [0.2, 0.25) is 0 Å². The second-order valence-electron chi connectivity index (χ2n) is 5.58. The lowest BCUT2D eigenvalue weighted by atomic mass is 10.00. The molecule has 2 heteroatoms. The molecule has 1 aromatic carbocycles. The molecule has 100 valence electrons. The van der Waals surface area contributed by atoms with Crippen molar-refractivity contribution in [3.8, 4) is 0 Å². The number of hydrogen-bond donors (Lipinski definition) is 1. The quantitative estimate of drug-likeness (QED) is 0.883. The predicted molar refractivity (Wildman–Crippen MR) is 75.8 cm³/mol. The lowest BCUT2D eigenvalue weighted by Gasteiger charge is -2.26. The molecular formula is C16H25NO. The number of aryl methyl sites for hydroxylation is 2. The molecule has 0 spiro atoms. The summed E-state index contributed by atoms with van der Waals surface area (Å²) in [6.45, 7) is 8.33. The Hall–Kier alpha value is -0.860. The van der Waals surface area contributed by atoms with Crippen LogP contribution in [0.2, 0.25) is 0 Å². The van der Waals surface area contributed by atoms with E-state index in [-0.39, 0.29) is 6.10 Å². The fraction of sp³-hybridized carbons (Fsp3) is 0.625. The number of aliphatic hydroxyl groups is 1. The normalized spacial score (nSPS) is 22.3. The summed E-state index contributed by atoms with van der Waals surface area (Å²) in [6.07, 6.45) is 3.41. The molecule has 18 heavy (non-hydrogen) atoms. The first kappa shape index (κ1) is 13.6. The average molecular weight is 247 g/mol. The van der Waals surface area contributed by atoms with Crippen LogP contribution >= 0.6 is 0 Å². The van der Waals surface area contributed by atoms with Crippen LogP contribution < -0.4 is 0 Å². The fourth-order valence-electron chi connectivity index (χ4n) is 3.04. The summed E-state index contributed by atoms with van der Waals surface area (Å²) in [6, 6.07) is 7.01. The second kappa shape index (κ2) is 5.85. The molecule has 0 saturated carbocycles. The summed E-state index contributed by atoms with van der Waals surface area (Å²) < 4.78 is 0. The van der Waals surface area contributed by atoms with Gasteiger partial charge in [-0.1, -0.05) is 30.7 Å². The monoisotopic (exact) mass is 247 g/mol. The van der Waals surface area contributed by atoms with Gasteiger partial charge in [0.15, 0.2) is 0 Å². The van der Waals surface area contributed by atoms with Gasteiger partial charge in [0.25, 0.3) is 0 Å². The number of benzene rings is 1. The summed E-state index contributed by atoms with van der Waals surface area (Å²) in [7, 11) is 0. The lowest BCUT2D eigenvalue weighted by Crippen LogP contribution is -2.33. The number of aliphatic hydroxyl groups excluding tert-OH is 1. The molecule has 2 nitrogen and oxygen atoms in total. The Balaban J connectivity index is 2.07. The van der Waals surface area contributed by atoms with Crippen molar-refractivity contribution in [2.75, 3.05) is 13.1 Å². The van der Waals surface area contributed by atoms with Gasteiger partial charge in [-0.15, -0.1) is 0 Å². The van der Waals surface area contributed by atoms with E-state index in [1.165, 1.54) is 30.4 Å². The molecule has 1 aliphatic heterocycles. The highest BCUT2D eigenvalue weighted by Gasteiger charge is 2.25. The minimum atomic E-state index is -0.350. The van der Waals surface area contributed by atoms with E-state index in [4.69, 9.17) is 0 Å². The van der Waals surface area contributed by atoms with Crippen molar-refractivity contribution in [1.29, 1.82) is 0 Å². The molecule has 2 atom stereocenters. The van der Waals surface area contributed by atoms with Crippen LogP contribution in [-0.4, -0.2) is 29.1 Å². The Kier molecular flexibility index (Phi) is 4.41.